The molecule has 0 saturated carbocycles. The molecule has 0 bridgehead atoms. The number of hydrogen-bond acceptors (Lipinski definition) is 6. The summed E-state index contributed by atoms with van der Waals surface area (Å²) in [5.74, 6) is -2.24. The Kier molecular flexibility index (Phi) is 5.60. The second-order valence-corrected chi connectivity index (χ2v) is 5.35. The minimum Gasteiger partial charge on any atom is -0.497 e. The number of rotatable bonds is 5. The zero-order valence-electron chi connectivity index (χ0n) is 13.6. The van der Waals surface area contributed by atoms with Crippen LogP contribution >= 0.6 is 0 Å². The number of ether oxygens (including phenoxy) is 3. The number of aliphatic hydroxyl groups is 1. The van der Waals surface area contributed by atoms with Gasteiger partial charge in [0.2, 0.25) is 0 Å². The van der Waals surface area contributed by atoms with Crippen molar-refractivity contribution in [3.8, 4) is 5.75 Å². The molecule has 0 radical (unpaired) electrons. The lowest BCUT2D eigenvalue weighted by atomic mass is 9.73. The number of fused-ring (bicyclic) bond motifs is 1. The molecular weight excluding hydrogens is 300 g/mol. The van der Waals surface area contributed by atoms with Gasteiger partial charge in [0.15, 0.2) is 0 Å². The van der Waals surface area contributed by atoms with Gasteiger partial charge in [0.05, 0.1) is 32.3 Å². The summed E-state index contributed by atoms with van der Waals surface area (Å²) in [6.45, 7) is 3.79. The summed E-state index contributed by atoms with van der Waals surface area (Å²) < 4.78 is 15.3. The molecule has 23 heavy (non-hydrogen) atoms. The van der Waals surface area contributed by atoms with Crippen LogP contribution in [0.1, 0.15) is 31.1 Å². The predicted molar refractivity (Wildman–Crippen MR) is 81.9 cm³/mol. The molecule has 1 N–H and O–H groups in total. The summed E-state index contributed by atoms with van der Waals surface area (Å²) in [6, 6.07) is 5.25. The molecule has 3 atom stereocenters. The molecule has 1 aliphatic rings. The molecule has 1 aromatic carbocycles. The first kappa shape index (κ1) is 17.3. The minimum atomic E-state index is -1.14. The highest BCUT2D eigenvalue weighted by Crippen LogP contribution is 2.41. The number of benzene rings is 1. The first-order valence-electron chi connectivity index (χ1n) is 7.71. The van der Waals surface area contributed by atoms with E-state index in [1.165, 1.54) is 7.11 Å². The van der Waals surface area contributed by atoms with Crippen molar-refractivity contribution in [1.29, 1.82) is 0 Å². The van der Waals surface area contributed by atoms with E-state index >= 15 is 0 Å². The Morgan fingerprint density at radius 3 is 2.43 bits per heavy atom. The maximum absolute atomic E-state index is 12.3. The monoisotopic (exact) mass is 322 g/mol. The van der Waals surface area contributed by atoms with Crippen molar-refractivity contribution in [3.63, 3.8) is 0 Å². The third-order valence-corrected chi connectivity index (χ3v) is 4.03. The average molecular weight is 322 g/mol. The average Bonchev–Trinajstić information content (AvgIpc) is 2.54. The third kappa shape index (κ3) is 3.47. The molecule has 0 aromatic heterocycles. The van der Waals surface area contributed by atoms with Gasteiger partial charge in [-0.2, -0.15) is 0 Å². The van der Waals surface area contributed by atoms with Gasteiger partial charge in [0, 0.05) is 0 Å². The minimum absolute atomic E-state index is 0.183. The number of carbonyl (C=O) groups excluding carboxylic acids is 2. The van der Waals surface area contributed by atoms with Crippen molar-refractivity contribution in [3.05, 3.63) is 29.3 Å². The normalized spacial score (nSPS) is 22.9. The number of aliphatic hydroxyl groups excluding tert-OH is 1. The Morgan fingerprint density at radius 2 is 1.83 bits per heavy atom. The largest absolute Gasteiger partial charge is 0.497 e. The van der Waals surface area contributed by atoms with Crippen molar-refractivity contribution >= 4 is 11.9 Å². The molecule has 2 rings (SSSR count). The quantitative estimate of drug-likeness (QED) is 0.830. The Labute approximate surface area is 135 Å². The van der Waals surface area contributed by atoms with Crippen LogP contribution in [0, 0.1) is 11.8 Å². The van der Waals surface area contributed by atoms with Crippen LogP contribution in [0.2, 0.25) is 0 Å². The van der Waals surface area contributed by atoms with Gasteiger partial charge < -0.3 is 19.3 Å². The van der Waals surface area contributed by atoms with E-state index in [-0.39, 0.29) is 13.2 Å². The third-order valence-electron chi connectivity index (χ3n) is 4.03. The van der Waals surface area contributed by atoms with E-state index in [9.17, 15) is 14.7 Å². The van der Waals surface area contributed by atoms with E-state index in [4.69, 9.17) is 14.2 Å². The molecule has 0 spiro atoms. The topological polar surface area (TPSA) is 82.1 Å². The lowest BCUT2D eigenvalue weighted by molar-refractivity contribution is -0.166. The lowest BCUT2D eigenvalue weighted by Gasteiger charge is -2.34. The maximum atomic E-state index is 12.3. The Balaban J connectivity index is 2.41. The van der Waals surface area contributed by atoms with Crippen LogP contribution in [0.15, 0.2) is 18.2 Å². The summed E-state index contributed by atoms with van der Waals surface area (Å²) >= 11 is 0. The SMILES string of the molecule is CCOC(=O)[C@@H]1[C@H](O)c2cc(OC)ccc2C[C@H]1C(=O)OCC. The molecule has 126 valence electrons. The predicted octanol–water partition coefficient (Wildman–Crippen LogP) is 1.64. The summed E-state index contributed by atoms with van der Waals surface area (Å²) in [5.41, 5.74) is 1.39. The van der Waals surface area contributed by atoms with Crippen LogP contribution < -0.4 is 4.74 Å². The molecule has 1 aromatic rings. The summed E-state index contributed by atoms with van der Waals surface area (Å²) in [7, 11) is 1.53. The van der Waals surface area contributed by atoms with Crippen LogP contribution in [0.3, 0.4) is 0 Å². The zero-order chi connectivity index (χ0) is 17.0. The standard InChI is InChI=1S/C17H22O6/c1-4-22-16(19)13-8-10-6-7-11(21-3)9-12(10)15(18)14(13)17(20)23-5-2/h6-7,9,13-15,18H,4-5,8H2,1-3H3/t13-,14+,15-/m1/s1. The van der Waals surface area contributed by atoms with Crippen LogP contribution in [0.25, 0.3) is 0 Å². The van der Waals surface area contributed by atoms with Gasteiger partial charge in [-0.1, -0.05) is 6.07 Å². The number of carbonyl (C=O) groups is 2. The number of esters is 2. The molecule has 6 heteroatoms. The van der Waals surface area contributed by atoms with E-state index in [0.29, 0.717) is 17.7 Å². The summed E-state index contributed by atoms with van der Waals surface area (Å²) in [6.07, 6.45) is -0.819. The van der Waals surface area contributed by atoms with Gasteiger partial charge in [-0.25, -0.2) is 0 Å². The van der Waals surface area contributed by atoms with Crippen LogP contribution in [-0.2, 0) is 25.5 Å². The summed E-state index contributed by atoms with van der Waals surface area (Å²) in [5, 5.41) is 10.7. The van der Waals surface area contributed by atoms with E-state index < -0.39 is 29.9 Å². The highest BCUT2D eigenvalue weighted by Gasteiger charge is 2.45. The molecule has 0 saturated heterocycles. The van der Waals surface area contributed by atoms with E-state index in [2.05, 4.69) is 0 Å². The van der Waals surface area contributed by atoms with Crippen molar-refractivity contribution in [2.45, 2.75) is 26.4 Å². The van der Waals surface area contributed by atoms with Gasteiger partial charge >= 0.3 is 11.9 Å². The van der Waals surface area contributed by atoms with Crippen LogP contribution in [0.5, 0.6) is 5.75 Å². The number of methoxy groups -OCH3 is 1. The van der Waals surface area contributed by atoms with E-state index in [1.807, 2.05) is 0 Å². The molecular formula is C17H22O6. The van der Waals surface area contributed by atoms with Gasteiger partial charge in [-0.05, 0) is 43.5 Å². The molecule has 6 nitrogen and oxygen atoms in total. The molecule has 0 fully saturated rings. The van der Waals surface area contributed by atoms with Crippen LogP contribution in [-0.4, -0.2) is 37.4 Å². The smallest absolute Gasteiger partial charge is 0.312 e. The summed E-state index contributed by atoms with van der Waals surface area (Å²) in [4.78, 5) is 24.5. The molecule has 1 aliphatic carbocycles. The van der Waals surface area contributed by atoms with E-state index in [1.54, 1.807) is 32.0 Å². The highest BCUT2D eigenvalue weighted by atomic mass is 16.5. The van der Waals surface area contributed by atoms with Crippen molar-refractivity contribution in [1.82, 2.24) is 0 Å². The van der Waals surface area contributed by atoms with Gasteiger partial charge in [-0.15, -0.1) is 0 Å². The van der Waals surface area contributed by atoms with Crippen molar-refractivity contribution < 1.29 is 28.9 Å². The van der Waals surface area contributed by atoms with E-state index in [0.717, 1.165) is 5.56 Å². The fraction of sp³-hybridized carbons (Fsp3) is 0.529. The Bertz CT molecular complexity index is 582. The Hall–Kier alpha value is -2.08. The lowest BCUT2D eigenvalue weighted by Crippen LogP contribution is -2.41. The Morgan fingerprint density at radius 1 is 1.17 bits per heavy atom. The molecule has 0 aliphatic heterocycles. The zero-order valence-corrected chi connectivity index (χ0v) is 13.6. The van der Waals surface area contributed by atoms with Crippen molar-refractivity contribution in [2.24, 2.45) is 11.8 Å². The molecule has 0 heterocycles. The van der Waals surface area contributed by atoms with Crippen LogP contribution in [0.4, 0.5) is 0 Å². The second-order valence-electron chi connectivity index (χ2n) is 5.35. The first-order chi connectivity index (χ1) is 11.0. The fourth-order valence-corrected chi connectivity index (χ4v) is 2.95. The highest BCUT2D eigenvalue weighted by molar-refractivity contribution is 5.84. The van der Waals surface area contributed by atoms with Gasteiger partial charge in [0.25, 0.3) is 0 Å². The molecule has 0 amide bonds. The molecule has 0 unspecified atom stereocenters. The first-order valence-corrected chi connectivity index (χ1v) is 7.71. The number of hydrogen-bond donors (Lipinski definition) is 1. The van der Waals surface area contributed by atoms with Gasteiger partial charge in [0.1, 0.15) is 11.7 Å². The maximum Gasteiger partial charge on any atom is 0.312 e. The van der Waals surface area contributed by atoms with Gasteiger partial charge in [-0.3, -0.25) is 9.59 Å². The van der Waals surface area contributed by atoms with Crippen molar-refractivity contribution in [2.75, 3.05) is 20.3 Å². The fourth-order valence-electron chi connectivity index (χ4n) is 2.95. The second kappa shape index (κ2) is 7.46.